The highest BCUT2D eigenvalue weighted by Crippen LogP contribution is 2.13. The average Bonchev–Trinajstić information content (AvgIpc) is 2.83. The fourth-order valence-corrected chi connectivity index (χ4v) is 3.67. The van der Waals surface area contributed by atoms with Gasteiger partial charge in [-0.3, -0.25) is 19.8 Å². The van der Waals surface area contributed by atoms with Crippen LogP contribution in [0.1, 0.15) is 25.8 Å². The standard InChI is InChI=1S/C22H34N6O4/c1-3-18(2)24-22(23-16-19-4-6-20(7-5-19)28(30)31)27-10-8-25(9-11-27)17-21(29)26-12-14-32-15-13-26/h4-7,18H,3,8-17H2,1-2H3,(H,23,24). The zero-order valence-electron chi connectivity index (χ0n) is 19.0. The van der Waals surface area contributed by atoms with Gasteiger partial charge in [0.05, 0.1) is 31.2 Å². The van der Waals surface area contributed by atoms with Gasteiger partial charge in [-0.2, -0.15) is 0 Å². The Balaban J connectivity index is 1.56. The van der Waals surface area contributed by atoms with Crippen molar-refractivity contribution in [3.05, 3.63) is 39.9 Å². The Morgan fingerprint density at radius 3 is 2.38 bits per heavy atom. The molecule has 2 saturated heterocycles. The van der Waals surface area contributed by atoms with Crippen molar-refractivity contribution in [1.29, 1.82) is 0 Å². The van der Waals surface area contributed by atoms with Gasteiger partial charge in [0.15, 0.2) is 5.96 Å². The summed E-state index contributed by atoms with van der Waals surface area (Å²) >= 11 is 0. The Bertz CT molecular complexity index is 786. The minimum absolute atomic E-state index is 0.0819. The second-order valence-electron chi connectivity index (χ2n) is 8.27. The van der Waals surface area contributed by atoms with Gasteiger partial charge in [0.2, 0.25) is 5.91 Å². The molecule has 1 aromatic carbocycles. The van der Waals surface area contributed by atoms with E-state index in [0.29, 0.717) is 39.4 Å². The molecule has 0 saturated carbocycles. The minimum Gasteiger partial charge on any atom is -0.378 e. The highest BCUT2D eigenvalue weighted by Gasteiger charge is 2.24. The molecule has 1 amide bonds. The highest BCUT2D eigenvalue weighted by molar-refractivity contribution is 5.81. The van der Waals surface area contributed by atoms with Crippen molar-refractivity contribution < 1.29 is 14.5 Å². The number of nitro groups is 1. The van der Waals surface area contributed by atoms with Crippen LogP contribution in [0.15, 0.2) is 29.3 Å². The van der Waals surface area contributed by atoms with E-state index in [0.717, 1.165) is 44.1 Å². The van der Waals surface area contributed by atoms with Crippen LogP contribution in [-0.2, 0) is 16.1 Å². The van der Waals surface area contributed by atoms with Crippen LogP contribution >= 0.6 is 0 Å². The first-order valence-electron chi connectivity index (χ1n) is 11.3. The van der Waals surface area contributed by atoms with Crippen molar-refractivity contribution in [2.75, 3.05) is 59.0 Å². The zero-order valence-corrected chi connectivity index (χ0v) is 19.0. The maximum absolute atomic E-state index is 12.5. The van der Waals surface area contributed by atoms with Gasteiger partial charge in [-0.25, -0.2) is 4.99 Å². The summed E-state index contributed by atoms with van der Waals surface area (Å²) in [4.78, 5) is 34.1. The maximum Gasteiger partial charge on any atom is 0.269 e. The quantitative estimate of drug-likeness (QED) is 0.292. The van der Waals surface area contributed by atoms with Crippen molar-refractivity contribution in [2.45, 2.75) is 32.9 Å². The average molecular weight is 447 g/mol. The number of aliphatic imine (C=N–C) groups is 1. The van der Waals surface area contributed by atoms with Gasteiger partial charge in [0.25, 0.3) is 5.69 Å². The second kappa shape index (κ2) is 11.8. The van der Waals surface area contributed by atoms with Crippen molar-refractivity contribution in [1.82, 2.24) is 20.0 Å². The van der Waals surface area contributed by atoms with Crippen LogP contribution in [0.25, 0.3) is 0 Å². The molecule has 0 radical (unpaired) electrons. The Hall–Kier alpha value is -2.72. The van der Waals surface area contributed by atoms with Crippen LogP contribution < -0.4 is 5.32 Å². The largest absolute Gasteiger partial charge is 0.378 e. The number of ether oxygens (including phenoxy) is 1. The number of guanidine groups is 1. The van der Waals surface area contributed by atoms with Crippen LogP contribution in [0.4, 0.5) is 5.69 Å². The molecule has 1 atom stereocenters. The number of carbonyl (C=O) groups excluding carboxylic acids is 1. The Kier molecular flexibility index (Phi) is 8.81. The van der Waals surface area contributed by atoms with Gasteiger partial charge < -0.3 is 19.9 Å². The van der Waals surface area contributed by atoms with Gasteiger partial charge in [0, 0.05) is 57.4 Å². The van der Waals surface area contributed by atoms with E-state index in [1.54, 1.807) is 12.1 Å². The number of hydrogen-bond donors (Lipinski definition) is 1. The number of benzene rings is 1. The van der Waals surface area contributed by atoms with Gasteiger partial charge >= 0.3 is 0 Å². The van der Waals surface area contributed by atoms with Crippen LogP contribution in [0, 0.1) is 10.1 Å². The predicted molar refractivity (Wildman–Crippen MR) is 123 cm³/mol. The first-order chi connectivity index (χ1) is 15.5. The van der Waals surface area contributed by atoms with E-state index in [-0.39, 0.29) is 17.6 Å². The molecule has 176 valence electrons. The number of non-ortho nitro benzene ring substituents is 1. The molecule has 0 aliphatic carbocycles. The molecule has 1 aromatic rings. The van der Waals surface area contributed by atoms with Gasteiger partial charge in [-0.05, 0) is 18.9 Å². The topological polar surface area (TPSA) is 104 Å². The van der Waals surface area contributed by atoms with Crippen LogP contribution in [0.5, 0.6) is 0 Å². The summed E-state index contributed by atoms with van der Waals surface area (Å²) in [6, 6.07) is 6.80. The monoisotopic (exact) mass is 446 g/mol. The van der Waals surface area contributed by atoms with E-state index in [4.69, 9.17) is 9.73 Å². The third-order valence-electron chi connectivity index (χ3n) is 5.94. The molecular formula is C22H34N6O4. The van der Waals surface area contributed by atoms with Crippen LogP contribution in [-0.4, -0.2) is 96.6 Å². The third kappa shape index (κ3) is 6.89. The Morgan fingerprint density at radius 1 is 1.12 bits per heavy atom. The number of carbonyl (C=O) groups is 1. The molecule has 1 unspecified atom stereocenters. The van der Waals surface area contributed by atoms with Crippen LogP contribution in [0.2, 0.25) is 0 Å². The molecule has 10 heteroatoms. The van der Waals surface area contributed by atoms with Gasteiger partial charge in [0.1, 0.15) is 0 Å². The summed E-state index contributed by atoms with van der Waals surface area (Å²) in [7, 11) is 0. The summed E-state index contributed by atoms with van der Waals surface area (Å²) in [6.07, 6.45) is 0.977. The first kappa shape index (κ1) is 23.9. The molecular weight excluding hydrogens is 412 g/mol. The van der Waals surface area contributed by atoms with Crippen LogP contribution in [0.3, 0.4) is 0 Å². The number of nitro benzene ring substituents is 1. The number of nitrogens with one attached hydrogen (secondary N) is 1. The van der Waals surface area contributed by atoms with Gasteiger partial charge in [-0.1, -0.05) is 19.1 Å². The molecule has 2 aliphatic rings. The summed E-state index contributed by atoms with van der Waals surface area (Å²) in [5.74, 6) is 1.02. The molecule has 0 spiro atoms. The fraction of sp³-hybridized carbons (Fsp3) is 0.636. The molecule has 0 bridgehead atoms. The smallest absolute Gasteiger partial charge is 0.269 e. The van der Waals surface area contributed by atoms with E-state index in [9.17, 15) is 14.9 Å². The maximum atomic E-state index is 12.5. The zero-order chi connectivity index (χ0) is 22.9. The molecule has 2 fully saturated rings. The third-order valence-corrected chi connectivity index (χ3v) is 5.94. The summed E-state index contributed by atoms with van der Waals surface area (Å²) < 4.78 is 5.33. The Labute approximate surface area is 189 Å². The lowest BCUT2D eigenvalue weighted by atomic mass is 10.2. The second-order valence-corrected chi connectivity index (χ2v) is 8.27. The molecule has 0 aromatic heterocycles. The number of amides is 1. The van der Waals surface area contributed by atoms with Crippen molar-refractivity contribution >= 4 is 17.6 Å². The predicted octanol–water partition coefficient (Wildman–Crippen LogP) is 1.32. The molecule has 10 nitrogen and oxygen atoms in total. The number of hydrogen-bond acceptors (Lipinski definition) is 6. The van der Waals surface area contributed by atoms with E-state index in [2.05, 4.69) is 29.0 Å². The molecule has 1 N–H and O–H groups in total. The minimum atomic E-state index is -0.397. The van der Waals surface area contributed by atoms with Gasteiger partial charge in [-0.15, -0.1) is 0 Å². The summed E-state index contributed by atoms with van der Waals surface area (Å²) in [5.41, 5.74) is 1.01. The normalized spacial score (nSPS) is 19.0. The van der Waals surface area contributed by atoms with Crippen molar-refractivity contribution in [3.63, 3.8) is 0 Å². The van der Waals surface area contributed by atoms with Crippen molar-refractivity contribution in [3.8, 4) is 0 Å². The number of nitrogens with zero attached hydrogens (tertiary/aromatic N) is 5. The lowest BCUT2D eigenvalue weighted by Crippen LogP contribution is -2.55. The van der Waals surface area contributed by atoms with E-state index < -0.39 is 4.92 Å². The fourth-order valence-electron chi connectivity index (χ4n) is 3.67. The molecule has 2 heterocycles. The molecule has 32 heavy (non-hydrogen) atoms. The lowest BCUT2D eigenvalue weighted by molar-refractivity contribution is -0.384. The molecule has 2 aliphatic heterocycles. The SMILES string of the molecule is CCC(C)NC(=NCc1ccc([N+](=O)[O-])cc1)N1CCN(CC(=O)N2CCOCC2)CC1. The number of morpholine rings is 1. The number of rotatable bonds is 7. The summed E-state index contributed by atoms with van der Waals surface area (Å²) in [6.45, 7) is 10.9. The Morgan fingerprint density at radius 2 is 1.78 bits per heavy atom. The van der Waals surface area contributed by atoms with Crippen molar-refractivity contribution in [2.24, 2.45) is 4.99 Å². The van der Waals surface area contributed by atoms with E-state index in [1.165, 1.54) is 12.1 Å². The lowest BCUT2D eigenvalue weighted by Gasteiger charge is -2.38. The highest BCUT2D eigenvalue weighted by atomic mass is 16.6. The van der Waals surface area contributed by atoms with E-state index >= 15 is 0 Å². The number of piperazine rings is 1. The molecule has 3 rings (SSSR count). The van der Waals surface area contributed by atoms with E-state index in [1.807, 2.05) is 4.90 Å². The first-order valence-corrected chi connectivity index (χ1v) is 11.3. The summed E-state index contributed by atoms with van der Waals surface area (Å²) in [5, 5.41) is 14.4.